The van der Waals surface area contributed by atoms with E-state index in [4.69, 9.17) is 16.7 Å². The lowest BCUT2D eigenvalue weighted by molar-refractivity contribution is 0.102. The van der Waals surface area contributed by atoms with Crippen molar-refractivity contribution in [2.45, 2.75) is 46.0 Å². The number of aryl methyl sites for hydroxylation is 1. The minimum absolute atomic E-state index is 0.195. The largest absolute Gasteiger partial charge is 0.317 e. The summed E-state index contributed by atoms with van der Waals surface area (Å²) >= 11 is 6.09. The summed E-state index contributed by atoms with van der Waals surface area (Å²) in [5.74, 6) is -0.195. The molecular weight excluding hydrogens is 434 g/mol. The van der Waals surface area contributed by atoms with Crippen molar-refractivity contribution in [3.63, 3.8) is 0 Å². The first kappa shape index (κ1) is 21.5. The van der Waals surface area contributed by atoms with Gasteiger partial charge in [-0.1, -0.05) is 36.2 Å². The molecule has 2 heterocycles. The maximum absolute atomic E-state index is 13.5. The first-order chi connectivity index (χ1) is 16.0. The maximum Gasteiger partial charge on any atom is 0.276 e. The van der Waals surface area contributed by atoms with E-state index in [0.717, 1.165) is 71.8 Å². The van der Waals surface area contributed by atoms with Gasteiger partial charge in [0.05, 0.1) is 28.5 Å². The summed E-state index contributed by atoms with van der Waals surface area (Å²) in [6.45, 7) is 3.88. The number of aromatic nitrogens is 4. The van der Waals surface area contributed by atoms with E-state index < -0.39 is 0 Å². The molecule has 6 nitrogen and oxygen atoms in total. The number of rotatable bonds is 4. The third-order valence-corrected chi connectivity index (χ3v) is 6.50. The van der Waals surface area contributed by atoms with E-state index in [1.54, 1.807) is 0 Å². The summed E-state index contributed by atoms with van der Waals surface area (Å²) in [7, 11) is 0. The maximum atomic E-state index is 13.5. The first-order valence-electron chi connectivity index (χ1n) is 11.3. The molecule has 0 saturated carbocycles. The van der Waals surface area contributed by atoms with E-state index in [9.17, 15) is 4.79 Å². The van der Waals surface area contributed by atoms with E-state index in [-0.39, 0.29) is 5.91 Å². The Balaban J connectivity index is 1.52. The van der Waals surface area contributed by atoms with Gasteiger partial charge in [-0.25, -0.2) is 9.36 Å². The third-order valence-electron chi connectivity index (χ3n) is 6.25. The molecule has 0 unspecified atom stereocenters. The van der Waals surface area contributed by atoms with Gasteiger partial charge < -0.3 is 5.32 Å². The molecule has 0 spiro atoms. The Hall–Kier alpha value is -3.38. The van der Waals surface area contributed by atoms with Gasteiger partial charge in [-0.2, -0.15) is 10.2 Å². The fourth-order valence-corrected chi connectivity index (χ4v) is 4.70. The molecule has 0 bridgehead atoms. The van der Waals surface area contributed by atoms with Crippen LogP contribution >= 0.6 is 11.6 Å². The second-order valence-corrected chi connectivity index (χ2v) is 8.91. The number of anilines is 1. The zero-order valence-electron chi connectivity index (χ0n) is 18.8. The third kappa shape index (κ3) is 4.07. The van der Waals surface area contributed by atoms with Gasteiger partial charge in [0.1, 0.15) is 0 Å². The fourth-order valence-electron chi connectivity index (χ4n) is 4.57. The highest BCUT2D eigenvalue weighted by Crippen LogP contribution is 2.29. The van der Waals surface area contributed by atoms with Gasteiger partial charge in [0.2, 0.25) is 0 Å². The smallest absolute Gasteiger partial charge is 0.276 e. The Morgan fingerprint density at radius 3 is 2.33 bits per heavy atom. The number of nitrogens with one attached hydrogen (secondary N) is 1. The molecule has 1 aliphatic carbocycles. The number of para-hydroxylation sites is 1. The average Bonchev–Trinajstić information content (AvgIpc) is 3.20. The average molecular weight is 460 g/mol. The van der Waals surface area contributed by atoms with E-state index >= 15 is 0 Å². The number of hydrogen-bond donors (Lipinski definition) is 1. The van der Waals surface area contributed by atoms with Gasteiger partial charge in [-0.05, 0) is 75.9 Å². The summed E-state index contributed by atoms with van der Waals surface area (Å²) in [5.41, 5.74) is 6.92. The SMILES string of the molecule is Cc1nn(-c2ccccc2)c(C)c1NC(=O)c1nn(-c2ccc(Cl)cc2)c2c1CCCCC2. The van der Waals surface area contributed by atoms with Gasteiger partial charge in [0, 0.05) is 16.3 Å². The first-order valence-corrected chi connectivity index (χ1v) is 11.7. The number of halogens is 1. The van der Waals surface area contributed by atoms with E-state index in [2.05, 4.69) is 10.4 Å². The molecule has 0 radical (unpaired) electrons. The number of carbonyl (C=O) groups is 1. The van der Waals surface area contributed by atoms with E-state index in [1.165, 1.54) is 0 Å². The standard InChI is InChI=1S/C26H26ClN5O/c1-17-24(18(2)31(29-17)20-9-5-3-6-10-20)28-26(33)25-22-11-7-4-8-12-23(22)32(30-25)21-15-13-19(27)14-16-21/h3,5-6,9-10,13-16H,4,7-8,11-12H2,1-2H3,(H,28,33). The lowest BCUT2D eigenvalue weighted by Crippen LogP contribution is -2.16. The number of carbonyl (C=O) groups excluding carboxylic acids is 1. The van der Waals surface area contributed by atoms with Gasteiger partial charge in [0.25, 0.3) is 5.91 Å². The summed E-state index contributed by atoms with van der Waals surface area (Å²) < 4.78 is 3.77. The number of hydrogen-bond acceptors (Lipinski definition) is 3. The second kappa shape index (κ2) is 8.87. The molecule has 0 saturated heterocycles. The van der Waals surface area contributed by atoms with Crippen LogP contribution < -0.4 is 5.32 Å². The molecule has 4 aromatic rings. The predicted molar refractivity (Wildman–Crippen MR) is 131 cm³/mol. The fraction of sp³-hybridized carbons (Fsp3) is 0.269. The minimum atomic E-state index is -0.195. The molecule has 7 heteroatoms. The molecule has 2 aromatic heterocycles. The van der Waals surface area contributed by atoms with Crippen LogP contribution in [0, 0.1) is 13.8 Å². The van der Waals surface area contributed by atoms with Crippen molar-refractivity contribution >= 4 is 23.2 Å². The summed E-state index contributed by atoms with van der Waals surface area (Å²) in [6, 6.07) is 17.5. The van der Waals surface area contributed by atoms with Gasteiger partial charge in [-0.15, -0.1) is 0 Å². The molecule has 33 heavy (non-hydrogen) atoms. The van der Waals surface area contributed by atoms with Crippen molar-refractivity contribution in [3.8, 4) is 11.4 Å². The molecule has 1 N–H and O–H groups in total. The Kier molecular flexibility index (Phi) is 5.77. The van der Waals surface area contributed by atoms with Crippen LogP contribution in [0.15, 0.2) is 54.6 Å². The van der Waals surface area contributed by atoms with Crippen molar-refractivity contribution in [3.05, 3.63) is 88.0 Å². The van der Waals surface area contributed by atoms with Crippen LogP contribution in [0.3, 0.4) is 0 Å². The van der Waals surface area contributed by atoms with Crippen LogP contribution in [-0.2, 0) is 12.8 Å². The monoisotopic (exact) mass is 459 g/mol. The number of amides is 1. The van der Waals surface area contributed by atoms with Crippen LogP contribution in [0.4, 0.5) is 5.69 Å². The topological polar surface area (TPSA) is 64.7 Å². The van der Waals surface area contributed by atoms with Gasteiger partial charge in [0.15, 0.2) is 5.69 Å². The van der Waals surface area contributed by atoms with Crippen molar-refractivity contribution in [2.24, 2.45) is 0 Å². The highest BCUT2D eigenvalue weighted by molar-refractivity contribution is 6.30. The molecular formula is C26H26ClN5O. The summed E-state index contributed by atoms with van der Waals surface area (Å²) in [5, 5.41) is 13.2. The van der Waals surface area contributed by atoms with Crippen LogP contribution in [0.1, 0.15) is 52.4 Å². The zero-order chi connectivity index (χ0) is 22.9. The van der Waals surface area contributed by atoms with Crippen molar-refractivity contribution in [2.75, 3.05) is 5.32 Å². The van der Waals surface area contributed by atoms with Crippen molar-refractivity contribution < 1.29 is 4.79 Å². The van der Waals surface area contributed by atoms with Crippen LogP contribution in [0.5, 0.6) is 0 Å². The van der Waals surface area contributed by atoms with E-state index in [0.29, 0.717) is 10.7 Å². The van der Waals surface area contributed by atoms with Crippen molar-refractivity contribution in [1.82, 2.24) is 19.6 Å². The summed E-state index contributed by atoms with van der Waals surface area (Å²) in [6.07, 6.45) is 5.06. The highest BCUT2D eigenvalue weighted by atomic mass is 35.5. The van der Waals surface area contributed by atoms with Crippen LogP contribution in [-0.4, -0.2) is 25.5 Å². The highest BCUT2D eigenvalue weighted by Gasteiger charge is 2.26. The predicted octanol–water partition coefficient (Wildman–Crippen LogP) is 5.85. The Bertz CT molecular complexity index is 1300. The quantitative estimate of drug-likeness (QED) is 0.389. The molecule has 2 aromatic carbocycles. The molecule has 1 amide bonds. The second-order valence-electron chi connectivity index (χ2n) is 8.47. The van der Waals surface area contributed by atoms with E-state index in [1.807, 2.05) is 77.8 Å². The Morgan fingerprint density at radius 1 is 0.879 bits per heavy atom. The normalized spacial score (nSPS) is 13.4. The number of benzene rings is 2. The number of nitrogens with zero attached hydrogens (tertiary/aromatic N) is 4. The minimum Gasteiger partial charge on any atom is -0.317 e. The van der Waals surface area contributed by atoms with Crippen LogP contribution in [0.25, 0.3) is 11.4 Å². The Morgan fingerprint density at radius 2 is 1.58 bits per heavy atom. The van der Waals surface area contributed by atoms with Gasteiger partial charge in [-0.3, -0.25) is 4.79 Å². The number of fused-ring (bicyclic) bond motifs is 1. The van der Waals surface area contributed by atoms with Crippen LogP contribution in [0.2, 0.25) is 5.02 Å². The Labute approximate surface area is 198 Å². The molecule has 0 atom stereocenters. The zero-order valence-corrected chi connectivity index (χ0v) is 19.6. The lowest BCUT2D eigenvalue weighted by atomic mass is 10.1. The van der Waals surface area contributed by atoms with Crippen molar-refractivity contribution in [1.29, 1.82) is 0 Å². The molecule has 0 fully saturated rings. The lowest BCUT2D eigenvalue weighted by Gasteiger charge is -2.07. The molecule has 168 valence electrons. The summed E-state index contributed by atoms with van der Waals surface area (Å²) in [4.78, 5) is 13.5. The molecule has 0 aliphatic heterocycles. The molecule has 1 aliphatic rings. The van der Waals surface area contributed by atoms with Gasteiger partial charge >= 0.3 is 0 Å². The molecule has 5 rings (SSSR count).